The predicted octanol–water partition coefficient (Wildman–Crippen LogP) is 2.27. The maximum atomic E-state index is 5.51. The molecule has 3 heteroatoms. The van der Waals surface area contributed by atoms with Gasteiger partial charge >= 0.3 is 0 Å². The molecular weight excluding hydrogens is 180 g/mol. The number of nitrogens with two attached hydrogens (primary N) is 1. The van der Waals surface area contributed by atoms with Crippen LogP contribution in [0.1, 0.15) is 5.56 Å². The average Bonchev–Trinajstić information content (AvgIpc) is 2.71. The summed E-state index contributed by atoms with van der Waals surface area (Å²) in [5.41, 5.74) is 7.82. The quantitative estimate of drug-likeness (QED) is 0.789. The number of benzene rings is 1. The van der Waals surface area contributed by atoms with Crippen LogP contribution in [-0.4, -0.2) is 4.98 Å². The first-order chi connectivity index (χ1) is 6.40. The zero-order chi connectivity index (χ0) is 9.10. The van der Waals surface area contributed by atoms with Gasteiger partial charge in [-0.25, -0.2) is 4.98 Å². The zero-order valence-corrected chi connectivity index (χ0v) is 7.92. The van der Waals surface area contributed by atoms with Crippen LogP contribution in [0.4, 0.5) is 0 Å². The number of rotatable bonds is 2. The van der Waals surface area contributed by atoms with E-state index in [1.807, 2.05) is 23.7 Å². The molecule has 0 saturated carbocycles. The van der Waals surface area contributed by atoms with Gasteiger partial charge in [0.05, 0.1) is 0 Å². The largest absolute Gasteiger partial charge is 0.326 e. The molecule has 0 aliphatic heterocycles. The molecule has 0 aliphatic carbocycles. The summed E-state index contributed by atoms with van der Waals surface area (Å²) < 4.78 is 0. The number of hydrogen-bond acceptors (Lipinski definition) is 3. The maximum absolute atomic E-state index is 5.51. The van der Waals surface area contributed by atoms with E-state index in [0.29, 0.717) is 6.54 Å². The fourth-order valence-electron chi connectivity index (χ4n) is 1.15. The number of aromatic nitrogens is 1. The normalized spacial score (nSPS) is 10.2. The van der Waals surface area contributed by atoms with Gasteiger partial charge in [-0.2, -0.15) is 0 Å². The highest BCUT2D eigenvalue weighted by Gasteiger charge is 1.98. The Labute approximate surface area is 81.1 Å². The lowest BCUT2D eigenvalue weighted by molar-refractivity contribution is 1.07. The second-order valence-electron chi connectivity index (χ2n) is 2.74. The summed E-state index contributed by atoms with van der Waals surface area (Å²) in [6.45, 7) is 0.595. The van der Waals surface area contributed by atoms with Gasteiger partial charge in [-0.15, -0.1) is 11.3 Å². The van der Waals surface area contributed by atoms with Crippen LogP contribution in [0.15, 0.2) is 35.8 Å². The highest BCUT2D eigenvalue weighted by Crippen LogP contribution is 2.21. The predicted molar refractivity (Wildman–Crippen MR) is 55.4 cm³/mol. The average molecular weight is 190 g/mol. The van der Waals surface area contributed by atoms with Crippen molar-refractivity contribution in [2.75, 3.05) is 0 Å². The Morgan fingerprint density at radius 1 is 1.23 bits per heavy atom. The monoisotopic (exact) mass is 190 g/mol. The van der Waals surface area contributed by atoms with Crippen LogP contribution in [0.3, 0.4) is 0 Å². The van der Waals surface area contributed by atoms with Gasteiger partial charge in [-0.05, 0) is 5.56 Å². The van der Waals surface area contributed by atoms with Gasteiger partial charge < -0.3 is 5.73 Å². The van der Waals surface area contributed by atoms with Crippen molar-refractivity contribution in [2.24, 2.45) is 5.73 Å². The summed E-state index contributed by atoms with van der Waals surface area (Å²) in [5.74, 6) is 0. The molecular formula is C10H10N2S. The van der Waals surface area contributed by atoms with Crippen LogP contribution in [0.25, 0.3) is 10.6 Å². The van der Waals surface area contributed by atoms with Crippen molar-refractivity contribution in [3.05, 3.63) is 41.4 Å². The summed E-state index contributed by atoms with van der Waals surface area (Å²) in [5, 5.41) is 3.04. The van der Waals surface area contributed by atoms with E-state index in [0.717, 1.165) is 16.1 Å². The molecule has 0 spiro atoms. The van der Waals surface area contributed by atoms with Gasteiger partial charge in [0.25, 0.3) is 0 Å². The van der Waals surface area contributed by atoms with Gasteiger partial charge in [0, 0.05) is 23.7 Å². The van der Waals surface area contributed by atoms with E-state index in [4.69, 9.17) is 5.73 Å². The SMILES string of the molecule is NCc1ccc(-c2nccs2)cc1. The molecule has 0 aliphatic rings. The minimum Gasteiger partial charge on any atom is -0.326 e. The van der Waals surface area contributed by atoms with E-state index in [1.54, 1.807) is 11.3 Å². The van der Waals surface area contributed by atoms with Gasteiger partial charge in [0.2, 0.25) is 0 Å². The van der Waals surface area contributed by atoms with Crippen molar-refractivity contribution in [1.29, 1.82) is 0 Å². The molecule has 0 saturated heterocycles. The lowest BCUT2D eigenvalue weighted by atomic mass is 10.1. The van der Waals surface area contributed by atoms with Crippen LogP contribution in [0, 0.1) is 0 Å². The van der Waals surface area contributed by atoms with Crippen molar-refractivity contribution in [2.45, 2.75) is 6.54 Å². The maximum Gasteiger partial charge on any atom is 0.123 e. The fraction of sp³-hybridized carbons (Fsp3) is 0.100. The first kappa shape index (κ1) is 8.41. The van der Waals surface area contributed by atoms with Crippen LogP contribution in [0.5, 0.6) is 0 Å². The lowest BCUT2D eigenvalue weighted by Gasteiger charge is -1.98. The van der Waals surface area contributed by atoms with Crippen molar-refractivity contribution in [3.8, 4) is 10.6 Å². The van der Waals surface area contributed by atoms with Gasteiger partial charge in [0.1, 0.15) is 5.01 Å². The van der Waals surface area contributed by atoms with Crippen molar-refractivity contribution >= 4 is 11.3 Å². The smallest absolute Gasteiger partial charge is 0.123 e. The van der Waals surface area contributed by atoms with Gasteiger partial charge in [-0.1, -0.05) is 24.3 Å². The van der Waals surface area contributed by atoms with Gasteiger partial charge in [0.15, 0.2) is 0 Å². The minimum absolute atomic E-state index is 0.595. The lowest BCUT2D eigenvalue weighted by Crippen LogP contribution is -1.94. The second kappa shape index (κ2) is 3.68. The third-order valence-electron chi connectivity index (χ3n) is 1.87. The van der Waals surface area contributed by atoms with E-state index in [2.05, 4.69) is 17.1 Å². The second-order valence-corrected chi connectivity index (χ2v) is 3.63. The molecule has 0 bridgehead atoms. The Kier molecular flexibility index (Phi) is 2.38. The third-order valence-corrected chi connectivity index (χ3v) is 2.69. The molecule has 2 rings (SSSR count). The summed E-state index contributed by atoms with van der Waals surface area (Å²) in [7, 11) is 0. The highest BCUT2D eigenvalue weighted by molar-refractivity contribution is 7.13. The van der Waals surface area contributed by atoms with Crippen LogP contribution in [0.2, 0.25) is 0 Å². The standard InChI is InChI=1S/C10H10N2S/c11-7-8-1-3-9(4-2-8)10-12-5-6-13-10/h1-6H,7,11H2. The van der Waals surface area contributed by atoms with Crippen molar-refractivity contribution < 1.29 is 0 Å². The Balaban J connectivity index is 2.33. The summed E-state index contributed by atoms with van der Waals surface area (Å²) >= 11 is 1.65. The van der Waals surface area contributed by atoms with E-state index < -0.39 is 0 Å². The first-order valence-corrected chi connectivity index (χ1v) is 4.97. The third kappa shape index (κ3) is 1.76. The number of thiazole rings is 1. The molecule has 1 heterocycles. The van der Waals surface area contributed by atoms with E-state index in [-0.39, 0.29) is 0 Å². The Morgan fingerprint density at radius 2 is 2.00 bits per heavy atom. The molecule has 66 valence electrons. The molecule has 1 aromatic carbocycles. The highest BCUT2D eigenvalue weighted by atomic mass is 32.1. The number of nitrogens with zero attached hydrogens (tertiary/aromatic N) is 1. The summed E-state index contributed by atoms with van der Waals surface area (Å²) in [6.07, 6.45) is 1.82. The van der Waals surface area contributed by atoms with E-state index in [1.165, 1.54) is 0 Å². The molecule has 2 N–H and O–H groups in total. The Bertz CT molecular complexity index is 364. The van der Waals surface area contributed by atoms with E-state index >= 15 is 0 Å². The molecule has 0 unspecified atom stereocenters. The fourth-order valence-corrected chi connectivity index (χ4v) is 1.79. The van der Waals surface area contributed by atoms with Crippen LogP contribution in [-0.2, 0) is 6.54 Å². The molecule has 0 atom stereocenters. The molecule has 0 radical (unpaired) electrons. The van der Waals surface area contributed by atoms with Crippen molar-refractivity contribution in [1.82, 2.24) is 4.98 Å². The molecule has 1 aromatic heterocycles. The molecule has 13 heavy (non-hydrogen) atoms. The Morgan fingerprint density at radius 3 is 2.54 bits per heavy atom. The van der Waals surface area contributed by atoms with Crippen LogP contribution >= 0.6 is 11.3 Å². The molecule has 2 nitrogen and oxygen atoms in total. The van der Waals surface area contributed by atoms with Crippen molar-refractivity contribution in [3.63, 3.8) is 0 Å². The first-order valence-electron chi connectivity index (χ1n) is 4.09. The summed E-state index contributed by atoms with van der Waals surface area (Å²) in [6, 6.07) is 8.19. The summed E-state index contributed by atoms with van der Waals surface area (Å²) in [4.78, 5) is 4.23. The minimum atomic E-state index is 0.595. The van der Waals surface area contributed by atoms with E-state index in [9.17, 15) is 0 Å². The topological polar surface area (TPSA) is 38.9 Å². The molecule has 0 fully saturated rings. The zero-order valence-electron chi connectivity index (χ0n) is 7.10. The van der Waals surface area contributed by atoms with Crippen LogP contribution < -0.4 is 5.73 Å². The Hall–Kier alpha value is -1.19. The number of hydrogen-bond donors (Lipinski definition) is 1. The van der Waals surface area contributed by atoms with Gasteiger partial charge in [-0.3, -0.25) is 0 Å². The molecule has 0 amide bonds. The molecule has 2 aromatic rings.